The SMILES string of the molecule is FCCCNc1cccc(-c2ccn3c(c2)nc2ccc(OI)cc23)c1. The zero-order valence-corrected chi connectivity index (χ0v) is 16.1. The van der Waals surface area contributed by atoms with Crippen molar-refractivity contribution in [2.75, 3.05) is 18.5 Å². The molecule has 0 bridgehead atoms. The molecule has 0 atom stereocenters. The summed E-state index contributed by atoms with van der Waals surface area (Å²) in [6.45, 7) is 0.326. The fraction of sp³-hybridized carbons (Fsp3) is 0.150. The number of anilines is 1. The van der Waals surface area contributed by atoms with Crippen LogP contribution in [-0.2, 0) is 0 Å². The van der Waals surface area contributed by atoms with Gasteiger partial charge in [-0.05, 0) is 53.9 Å². The number of aromatic nitrogens is 2. The van der Waals surface area contributed by atoms with Crippen molar-refractivity contribution in [3.05, 3.63) is 60.8 Å². The Balaban J connectivity index is 1.71. The van der Waals surface area contributed by atoms with Crippen LogP contribution < -0.4 is 8.38 Å². The minimum Gasteiger partial charge on any atom is -0.428 e. The summed E-state index contributed by atoms with van der Waals surface area (Å²) in [5, 5.41) is 3.25. The van der Waals surface area contributed by atoms with Crippen LogP contribution in [0.2, 0.25) is 0 Å². The van der Waals surface area contributed by atoms with E-state index >= 15 is 0 Å². The van der Waals surface area contributed by atoms with Crippen LogP contribution >= 0.6 is 23.0 Å². The summed E-state index contributed by atoms with van der Waals surface area (Å²) in [5.74, 6) is 0.802. The second kappa shape index (κ2) is 7.49. The Bertz CT molecular complexity index is 1060. The summed E-state index contributed by atoms with van der Waals surface area (Å²) in [4.78, 5) is 4.71. The maximum atomic E-state index is 12.3. The first kappa shape index (κ1) is 17.1. The van der Waals surface area contributed by atoms with Gasteiger partial charge in [0.2, 0.25) is 0 Å². The Morgan fingerprint density at radius 1 is 1.08 bits per heavy atom. The smallest absolute Gasteiger partial charge is 0.192 e. The van der Waals surface area contributed by atoms with Gasteiger partial charge in [0.05, 0.1) is 17.7 Å². The van der Waals surface area contributed by atoms with Crippen LogP contribution in [0.25, 0.3) is 27.8 Å². The van der Waals surface area contributed by atoms with E-state index in [0.29, 0.717) is 13.0 Å². The number of rotatable bonds is 6. The Kier molecular flexibility index (Phi) is 4.92. The molecule has 0 aliphatic carbocycles. The van der Waals surface area contributed by atoms with Gasteiger partial charge in [-0.25, -0.2) is 4.98 Å². The molecular formula is C20H17FIN3O. The molecule has 4 nitrogen and oxygen atoms in total. The third-order valence-corrected chi connectivity index (χ3v) is 4.81. The molecule has 0 aliphatic heterocycles. The first-order valence-corrected chi connectivity index (χ1v) is 9.27. The van der Waals surface area contributed by atoms with E-state index in [1.165, 1.54) is 0 Å². The molecule has 0 fully saturated rings. The Hall–Kier alpha value is -2.35. The van der Waals surface area contributed by atoms with E-state index in [4.69, 9.17) is 8.05 Å². The van der Waals surface area contributed by atoms with E-state index in [-0.39, 0.29) is 6.67 Å². The van der Waals surface area contributed by atoms with E-state index in [9.17, 15) is 4.39 Å². The number of hydrogen-bond acceptors (Lipinski definition) is 3. The lowest BCUT2D eigenvalue weighted by Gasteiger charge is -2.08. The van der Waals surface area contributed by atoms with Gasteiger partial charge in [-0.15, -0.1) is 0 Å². The summed E-state index contributed by atoms with van der Waals surface area (Å²) in [7, 11) is 0. The molecule has 0 saturated heterocycles. The Morgan fingerprint density at radius 2 is 1.96 bits per heavy atom. The zero-order valence-electron chi connectivity index (χ0n) is 14.0. The molecule has 26 heavy (non-hydrogen) atoms. The van der Waals surface area contributed by atoms with Crippen LogP contribution in [0, 0.1) is 0 Å². The number of benzene rings is 2. The first-order valence-electron chi connectivity index (χ1n) is 8.39. The summed E-state index contributed by atoms with van der Waals surface area (Å²) >= 11 is 1.88. The number of nitrogens with one attached hydrogen (secondary N) is 1. The average Bonchev–Trinajstić information content (AvgIpc) is 3.05. The maximum Gasteiger partial charge on any atom is 0.192 e. The molecule has 132 valence electrons. The lowest BCUT2D eigenvalue weighted by molar-refractivity contribution is 0.481. The molecule has 0 amide bonds. The highest BCUT2D eigenvalue weighted by Gasteiger charge is 2.08. The normalized spacial score (nSPS) is 11.2. The molecular weight excluding hydrogens is 444 g/mol. The Morgan fingerprint density at radius 3 is 2.81 bits per heavy atom. The monoisotopic (exact) mass is 461 g/mol. The zero-order chi connectivity index (χ0) is 17.9. The van der Waals surface area contributed by atoms with Gasteiger partial charge in [-0.2, -0.15) is 0 Å². The highest BCUT2D eigenvalue weighted by molar-refractivity contribution is 14.1. The number of pyridine rings is 1. The molecule has 2 heterocycles. The molecule has 2 aromatic carbocycles. The van der Waals surface area contributed by atoms with Crippen molar-refractivity contribution < 1.29 is 7.46 Å². The molecule has 1 N–H and O–H groups in total. The van der Waals surface area contributed by atoms with Gasteiger partial charge in [-0.1, -0.05) is 12.1 Å². The Labute approximate surface area is 164 Å². The molecule has 0 radical (unpaired) electrons. The van der Waals surface area contributed by atoms with E-state index in [2.05, 4.69) is 34.0 Å². The number of hydrogen-bond donors (Lipinski definition) is 1. The highest BCUT2D eigenvalue weighted by Crippen LogP contribution is 2.27. The van der Waals surface area contributed by atoms with Crippen molar-refractivity contribution in [1.29, 1.82) is 0 Å². The summed E-state index contributed by atoms with van der Waals surface area (Å²) in [5.41, 5.74) is 6.02. The summed E-state index contributed by atoms with van der Waals surface area (Å²) < 4.78 is 19.6. The molecule has 0 unspecified atom stereocenters. The molecule has 0 saturated carbocycles. The molecule has 2 aromatic heterocycles. The average molecular weight is 461 g/mol. The van der Waals surface area contributed by atoms with Gasteiger partial charge in [-0.3, -0.25) is 8.79 Å². The van der Waals surface area contributed by atoms with Gasteiger partial charge >= 0.3 is 0 Å². The first-order chi connectivity index (χ1) is 12.8. The van der Waals surface area contributed by atoms with Crippen LogP contribution in [0.5, 0.6) is 5.75 Å². The van der Waals surface area contributed by atoms with Crippen LogP contribution in [-0.4, -0.2) is 22.6 Å². The van der Waals surface area contributed by atoms with Crippen LogP contribution in [0.3, 0.4) is 0 Å². The minimum atomic E-state index is -0.304. The maximum absolute atomic E-state index is 12.3. The second-order valence-electron chi connectivity index (χ2n) is 6.03. The summed E-state index contributed by atoms with van der Waals surface area (Å²) in [6.07, 6.45) is 2.54. The van der Waals surface area contributed by atoms with Crippen molar-refractivity contribution in [3.63, 3.8) is 0 Å². The van der Waals surface area contributed by atoms with Gasteiger partial charge in [0.15, 0.2) is 23.0 Å². The molecule has 0 aliphatic rings. The van der Waals surface area contributed by atoms with Gasteiger partial charge < -0.3 is 8.38 Å². The van der Waals surface area contributed by atoms with E-state index < -0.39 is 0 Å². The molecule has 6 heteroatoms. The fourth-order valence-electron chi connectivity index (χ4n) is 3.03. The lowest BCUT2D eigenvalue weighted by atomic mass is 10.1. The number of alkyl halides is 1. The van der Waals surface area contributed by atoms with E-state index in [1.807, 2.05) is 59.5 Å². The fourth-order valence-corrected chi connectivity index (χ4v) is 3.30. The number of fused-ring (bicyclic) bond motifs is 3. The highest BCUT2D eigenvalue weighted by atomic mass is 127. The van der Waals surface area contributed by atoms with Crippen molar-refractivity contribution in [2.45, 2.75) is 6.42 Å². The van der Waals surface area contributed by atoms with Crippen molar-refractivity contribution in [3.8, 4) is 16.9 Å². The van der Waals surface area contributed by atoms with Gasteiger partial charge in [0, 0.05) is 24.5 Å². The second-order valence-corrected chi connectivity index (χ2v) is 6.47. The molecule has 0 spiro atoms. The van der Waals surface area contributed by atoms with Crippen molar-refractivity contribution in [1.82, 2.24) is 9.38 Å². The van der Waals surface area contributed by atoms with E-state index in [0.717, 1.165) is 39.2 Å². The quantitative estimate of drug-likeness (QED) is 0.298. The number of imidazole rings is 1. The molecule has 4 rings (SSSR count). The topological polar surface area (TPSA) is 38.6 Å². The third kappa shape index (κ3) is 3.33. The predicted octanol–water partition coefficient (Wildman–Crippen LogP) is 5.65. The predicted molar refractivity (Wildman–Crippen MR) is 112 cm³/mol. The van der Waals surface area contributed by atoms with Gasteiger partial charge in [0.25, 0.3) is 0 Å². The largest absolute Gasteiger partial charge is 0.428 e. The van der Waals surface area contributed by atoms with Crippen LogP contribution in [0.4, 0.5) is 10.1 Å². The van der Waals surface area contributed by atoms with E-state index in [1.54, 1.807) is 0 Å². The third-order valence-electron chi connectivity index (χ3n) is 4.30. The number of halogens is 2. The lowest BCUT2D eigenvalue weighted by Crippen LogP contribution is -2.01. The van der Waals surface area contributed by atoms with Crippen LogP contribution in [0.1, 0.15) is 6.42 Å². The van der Waals surface area contributed by atoms with Gasteiger partial charge in [0.1, 0.15) is 11.4 Å². The number of nitrogens with zero attached hydrogens (tertiary/aromatic N) is 2. The van der Waals surface area contributed by atoms with Crippen molar-refractivity contribution >= 4 is 45.4 Å². The summed E-state index contributed by atoms with van der Waals surface area (Å²) in [6, 6.07) is 18.2. The standard InChI is InChI=1S/C20H17FIN3O/c21-8-2-9-23-16-4-1-3-14(11-16)15-7-10-25-19-13-17(26-22)5-6-18(19)24-20(25)12-15/h1,3-7,10-13,23H,2,8-9H2. The minimum absolute atomic E-state index is 0.304. The molecule has 4 aromatic rings. The van der Waals surface area contributed by atoms with Crippen LogP contribution in [0.15, 0.2) is 60.8 Å². The van der Waals surface area contributed by atoms with Crippen molar-refractivity contribution in [2.24, 2.45) is 0 Å².